The second-order valence-corrected chi connectivity index (χ2v) is 10.1. The zero-order valence-electron chi connectivity index (χ0n) is 19.2. The molecule has 0 aliphatic carbocycles. The van der Waals surface area contributed by atoms with Crippen LogP contribution in [0.2, 0.25) is 0 Å². The van der Waals surface area contributed by atoms with Gasteiger partial charge in [-0.3, -0.25) is 9.59 Å². The summed E-state index contributed by atoms with van der Waals surface area (Å²) in [5.74, 6) is -0.521. The average molecular weight is 650 g/mol. The van der Waals surface area contributed by atoms with Gasteiger partial charge in [-0.2, -0.15) is 38.1 Å². The number of aryl methyl sites for hydroxylation is 1. The van der Waals surface area contributed by atoms with Crippen LogP contribution in [0.1, 0.15) is 45.2 Å². The standard InChI is InChI=1S/C23H22F7IN2O2S/c1-12-11-14(21(24,22(25,26)27)23(28,29)30)7-8-17(12)33-20(35)18-15(5-4-6-16(18)31)19(34)32-13(2)9-10-36-3/h4-8,11,13H,9-10H2,1-3H3,(H,32,34)(H,33,35). The van der Waals surface area contributed by atoms with Crippen LogP contribution >= 0.6 is 34.4 Å². The number of carbonyl (C=O) groups excluding carboxylic acids is 2. The van der Waals surface area contributed by atoms with E-state index in [4.69, 9.17) is 0 Å². The molecule has 0 saturated heterocycles. The fourth-order valence-corrected chi connectivity index (χ4v) is 4.64. The first kappa shape index (κ1) is 30.2. The first-order valence-electron chi connectivity index (χ1n) is 10.4. The summed E-state index contributed by atoms with van der Waals surface area (Å²) < 4.78 is 93.2. The molecule has 198 valence electrons. The molecule has 2 N–H and O–H groups in total. The molecular weight excluding hydrogens is 628 g/mol. The molecule has 1 atom stereocenters. The second kappa shape index (κ2) is 11.6. The zero-order valence-corrected chi connectivity index (χ0v) is 22.2. The first-order chi connectivity index (χ1) is 16.5. The van der Waals surface area contributed by atoms with Gasteiger partial charge in [-0.15, -0.1) is 0 Å². The Labute approximate surface area is 220 Å². The number of amides is 2. The van der Waals surface area contributed by atoms with Crippen molar-refractivity contribution in [3.05, 3.63) is 62.2 Å². The van der Waals surface area contributed by atoms with Gasteiger partial charge in [0.05, 0.1) is 11.1 Å². The lowest BCUT2D eigenvalue weighted by atomic mass is 9.92. The number of hydrogen-bond acceptors (Lipinski definition) is 3. The van der Waals surface area contributed by atoms with Gasteiger partial charge in [0.25, 0.3) is 11.8 Å². The maximum Gasteiger partial charge on any atom is 0.435 e. The molecule has 13 heteroatoms. The summed E-state index contributed by atoms with van der Waals surface area (Å²) in [5, 5.41) is 5.19. The van der Waals surface area contributed by atoms with Crippen LogP contribution in [0.5, 0.6) is 0 Å². The van der Waals surface area contributed by atoms with E-state index in [2.05, 4.69) is 10.6 Å². The van der Waals surface area contributed by atoms with Gasteiger partial charge in [0.2, 0.25) is 0 Å². The number of hydrogen-bond donors (Lipinski definition) is 2. The normalized spacial score (nSPS) is 13.3. The van der Waals surface area contributed by atoms with E-state index in [0.29, 0.717) is 22.1 Å². The summed E-state index contributed by atoms with van der Waals surface area (Å²) in [6, 6.07) is 5.83. The van der Waals surface area contributed by atoms with Crippen LogP contribution < -0.4 is 10.6 Å². The van der Waals surface area contributed by atoms with Crippen molar-refractivity contribution in [3.63, 3.8) is 0 Å². The van der Waals surface area contributed by atoms with Crippen LogP contribution in [-0.4, -0.2) is 42.2 Å². The molecule has 36 heavy (non-hydrogen) atoms. The third-order valence-corrected chi connectivity index (χ3v) is 6.81. The summed E-state index contributed by atoms with van der Waals surface area (Å²) >= 11 is 3.44. The zero-order chi connectivity index (χ0) is 27.5. The molecule has 0 saturated carbocycles. The van der Waals surface area contributed by atoms with Crippen molar-refractivity contribution >= 4 is 51.9 Å². The Hall–Kier alpha value is -2.03. The molecule has 0 bridgehead atoms. The number of anilines is 1. The van der Waals surface area contributed by atoms with Gasteiger partial charge in [0.15, 0.2) is 0 Å². The molecule has 0 spiro atoms. The van der Waals surface area contributed by atoms with Crippen molar-refractivity contribution in [2.45, 2.75) is 44.3 Å². The number of benzene rings is 2. The van der Waals surface area contributed by atoms with E-state index in [9.17, 15) is 40.3 Å². The monoisotopic (exact) mass is 650 g/mol. The summed E-state index contributed by atoms with van der Waals surface area (Å²) in [6.07, 6.45) is -9.89. The van der Waals surface area contributed by atoms with Crippen LogP contribution in [0, 0.1) is 10.5 Å². The van der Waals surface area contributed by atoms with Crippen LogP contribution in [0.25, 0.3) is 0 Å². The summed E-state index contributed by atoms with van der Waals surface area (Å²) in [6.45, 7) is 2.93. The molecule has 0 fully saturated rings. The average Bonchev–Trinajstić information content (AvgIpc) is 2.76. The topological polar surface area (TPSA) is 58.2 Å². The largest absolute Gasteiger partial charge is 0.435 e. The molecule has 0 aliphatic rings. The third kappa shape index (κ3) is 6.45. The highest BCUT2D eigenvalue weighted by molar-refractivity contribution is 14.1. The van der Waals surface area contributed by atoms with Gasteiger partial charge < -0.3 is 10.6 Å². The van der Waals surface area contributed by atoms with E-state index < -0.39 is 35.4 Å². The van der Waals surface area contributed by atoms with Gasteiger partial charge in [0, 0.05) is 20.9 Å². The van der Waals surface area contributed by atoms with Gasteiger partial charge in [0.1, 0.15) is 0 Å². The lowest BCUT2D eigenvalue weighted by Crippen LogP contribution is -2.50. The molecule has 2 aromatic rings. The summed E-state index contributed by atoms with van der Waals surface area (Å²) in [7, 11) is 0. The Balaban J connectivity index is 2.38. The third-order valence-electron chi connectivity index (χ3n) is 5.27. The smallest absolute Gasteiger partial charge is 0.350 e. The van der Waals surface area contributed by atoms with Crippen molar-refractivity contribution in [2.24, 2.45) is 0 Å². The Morgan fingerprint density at radius 2 is 1.61 bits per heavy atom. The van der Waals surface area contributed by atoms with E-state index in [1.54, 1.807) is 30.8 Å². The molecule has 2 aromatic carbocycles. The molecule has 2 amide bonds. The van der Waals surface area contributed by atoms with Crippen LogP contribution in [-0.2, 0) is 5.67 Å². The van der Waals surface area contributed by atoms with Gasteiger partial charge in [-0.1, -0.05) is 18.2 Å². The Morgan fingerprint density at radius 3 is 2.14 bits per heavy atom. The minimum atomic E-state index is -6.25. The number of rotatable bonds is 8. The first-order valence-corrected chi connectivity index (χ1v) is 12.8. The fourth-order valence-electron chi connectivity index (χ4n) is 3.30. The molecule has 4 nitrogen and oxygen atoms in total. The van der Waals surface area contributed by atoms with Crippen molar-refractivity contribution in [1.82, 2.24) is 5.32 Å². The molecule has 0 radical (unpaired) electrons. The van der Waals surface area contributed by atoms with E-state index in [-0.39, 0.29) is 28.4 Å². The van der Waals surface area contributed by atoms with Gasteiger partial charge in [-0.25, -0.2) is 4.39 Å². The Kier molecular flexibility index (Phi) is 9.70. The minimum Gasteiger partial charge on any atom is -0.350 e. The SMILES string of the molecule is CSCCC(C)NC(=O)c1cccc(I)c1C(=O)Nc1ccc(C(F)(C(F)(F)F)C(F)(F)F)cc1C. The highest BCUT2D eigenvalue weighted by Crippen LogP contribution is 2.53. The van der Waals surface area contributed by atoms with Gasteiger partial charge in [-0.05, 0) is 78.6 Å². The summed E-state index contributed by atoms with van der Waals surface area (Å²) in [5.41, 5.74) is -7.61. The highest BCUT2D eigenvalue weighted by Gasteiger charge is 2.73. The second-order valence-electron chi connectivity index (χ2n) is 7.96. The minimum absolute atomic E-state index is 0.0263. The van der Waals surface area contributed by atoms with E-state index in [1.165, 1.54) is 6.07 Å². The molecule has 0 aliphatic heterocycles. The van der Waals surface area contributed by atoms with E-state index in [0.717, 1.165) is 18.7 Å². The Bertz CT molecular complexity index is 1110. The Morgan fingerprint density at radius 1 is 1.00 bits per heavy atom. The van der Waals surface area contributed by atoms with Crippen LogP contribution in [0.4, 0.5) is 36.4 Å². The predicted molar refractivity (Wildman–Crippen MR) is 133 cm³/mol. The lowest BCUT2D eigenvalue weighted by molar-refractivity contribution is -0.348. The van der Waals surface area contributed by atoms with Crippen molar-refractivity contribution in [3.8, 4) is 0 Å². The number of halogens is 8. The maximum absolute atomic E-state index is 14.4. The fraction of sp³-hybridized carbons (Fsp3) is 0.391. The van der Waals surface area contributed by atoms with Crippen LogP contribution in [0.15, 0.2) is 36.4 Å². The predicted octanol–water partition coefficient (Wildman–Crippen LogP) is 7.01. The lowest BCUT2D eigenvalue weighted by Gasteiger charge is -2.30. The number of thioether (sulfide) groups is 1. The van der Waals surface area contributed by atoms with Crippen molar-refractivity contribution in [2.75, 3.05) is 17.3 Å². The number of nitrogens with one attached hydrogen (secondary N) is 2. The molecular formula is C23H22F7IN2O2S. The molecule has 0 heterocycles. The number of carbonyl (C=O) groups is 2. The maximum atomic E-state index is 14.4. The molecule has 2 rings (SSSR count). The number of alkyl halides is 7. The van der Waals surface area contributed by atoms with Crippen molar-refractivity contribution < 1.29 is 40.3 Å². The van der Waals surface area contributed by atoms with Crippen LogP contribution in [0.3, 0.4) is 0 Å². The quantitative estimate of drug-likeness (QED) is 0.239. The highest BCUT2D eigenvalue weighted by atomic mass is 127. The van der Waals surface area contributed by atoms with Crippen molar-refractivity contribution in [1.29, 1.82) is 0 Å². The molecule has 1 unspecified atom stereocenters. The summed E-state index contributed by atoms with van der Waals surface area (Å²) in [4.78, 5) is 25.8. The van der Waals surface area contributed by atoms with E-state index >= 15 is 0 Å². The van der Waals surface area contributed by atoms with E-state index in [1.807, 2.05) is 28.8 Å². The molecule has 0 aromatic heterocycles. The van der Waals surface area contributed by atoms with Gasteiger partial charge >= 0.3 is 18.0 Å².